The number of hydrogen-bond acceptors (Lipinski definition) is 4. The summed E-state index contributed by atoms with van der Waals surface area (Å²) >= 11 is 0. The van der Waals surface area contributed by atoms with Gasteiger partial charge < -0.3 is 20.5 Å². The highest BCUT2D eigenvalue weighted by Gasteiger charge is 2.43. The van der Waals surface area contributed by atoms with Crippen LogP contribution < -0.4 is 15.4 Å². The molecule has 1 amide bonds. The summed E-state index contributed by atoms with van der Waals surface area (Å²) in [5, 5.41) is 16.8. The van der Waals surface area contributed by atoms with Gasteiger partial charge in [-0.05, 0) is 49.9 Å². The minimum absolute atomic E-state index is 0.0252. The molecular formula is C21H32N2O3. The van der Waals surface area contributed by atoms with Gasteiger partial charge in [0.15, 0.2) is 0 Å². The number of ether oxygens (including phenoxy) is 1. The van der Waals surface area contributed by atoms with Crippen LogP contribution in [0, 0.1) is 0 Å². The van der Waals surface area contributed by atoms with E-state index < -0.39 is 11.1 Å². The van der Waals surface area contributed by atoms with E-state index in [0.29, 0.717) is 0 Å². The van der Waals surface area contributed by atoms with Crippen molar-refractivity contribution in [2.45, 2.75) is 75.3 Å². The molecular weight excluding hydrogens is 328 g/mol. The molecule has 0 unspecified atom stereocenters. The molecule has 2 aliphatic rings. The first-order chi connectivity index (χ1) is 12.6. The summed E-state index contributed by atoms with van der Waals surface area (Å²) in [5.41, 5.74) is -0.0991. The van der Waals surface area contributed by atoms with Crippen molar-refractivity contribution in [3.63, 3.8) is 0 Å². The van der Waals surface area contributed by atoms with E-state index in [4.69, 9.17) is 4.74 Å². The van der Waals surface area contributed by atoms with Crippen LogP contribution in [0.25, 0.3) is 0 Å². The zero-order valence-corrected chi connectivity index (χ0v) is 15.9. The minimum Gasteiger partial charge on any atom is -0.497 e. The number of aliphatic hydroxyl groups excluding tert-OH is 1. The van der Waals surface area contributed by atoms with Gasteiger partial charge in [0.25, 0.3) is 0 Å². The van der Waals surface area contributed by atoms with Gasteiger partial charge in [0.1, 0.15) is 11.3 Å². The van der Waals surface area contributed by atoms with E-state index in [2.05, 4.69) is 10.6 Å². The summed E-state index contributed by atoms with van der Waals surface area (Å²) in [6.07, 6.45) is 9.97. The number of hydrogen-bond donors (Lipinski definition) is 3. The number of aliphatic hydroxyl groups is 1. The Bertz CT molecular complexity index is 588. The van der Waals surface area contributed by atoms with Crippen molar-refractivity contribution in [2.75, 3.05) is 19.0 Å². The second kappa shape index (κ2) is 8.30. The van der Waals surface area contributed by atoms with E-state index >= 15 is 0 Å². The van der Waals surface area contributed by atoms with E-state index in [9.17, 15) is 9.90 Å². The molecule has 5 heteroatoms. The Morgan fingerprint density at radius 1 is 1.00 bits per heavy atom. The van der Waals surface area contributed by atoms with Crippen LogP contribution in [0.2, 0.25) is 0 Å². The summed E-state index contributed by atoms with van der Waals surface area (Å²) in [6.45, 7) is 0.0252. The zero-order chi connectivity index (χ0) is 18.5. The lowest BCUT2D eigenvalue weighted by Gasteiger charge is -2.43. The molecule has 0 heterocycles. The van der Waals surface area contributed by atoms with Gasteiger partial charge in [0.05, 0.1) is 19.3 Å². The van der Waals surface area contributed by atoms with Crippen molar-refractivity contribution in [1.29, 1.82) is 0 Å². The second-order valence-corrected chi connectivity index (χ2v) is 7.95. The summed E-state index contributed by atoms with van der Waals surface area (Å²) in [4.78, 5) is 13.4. The number of methoxy groups -OCH3 is 1. The van der Waals surface area contributed by atoms with Crippen molar-refractivity contribution in [1.82, 2.24) is 5.32 Å². The Morgan fingerprint density at radius 2 is 1.58 bits per heavy atom. The van der Waals surface area contributed by atoms with E-state index in [1.807, 2.05) is 24.3 Å². The number of carbonyl (C=O) groups excluding carboxylic acids is 1. The summed E-state index contributed by atoms with van der Waals surface area (Å²) in [5.74, 6) is 0.850. The molecule has 5 nitrogen and oxygen atoms in total. The molecule has 0 saturated heterocycles. The fourth-order valence-corrected chi connectivity index (χ4v) is 4.43. The average molecular weight is 360 g/mol. The Balaban J connectivity index is 1.78. The number of benzene rings is 1. The quantitative estimate of drug-likeness (QED) is 0.725. The number of rotatable bonds is 6. The third-order valence-corrected chi connectivity index (χ3v) is 6.11. The number of amides is 1. The minimum atomic E-state index is -0.591. The van der Waals surface area contributed by atoms with Crippen molar-refractivity contribution in [3.05, 3.63) is 24.3 Å². The van der Waals surface area contributed by atoms with E-state index in [1.165, 1.54) is 12.8 Å². The van der Waals surface area contributed by atoms with Gasteiger partial charge in [-0.1, -0.05) is 38.5 Å². The van der Waals surface area contributed by atoms with Crippen LogP contribution in [0.1, 0.15) is 64.2 Å². The van der Waals surface area contributed by atoms with E-state index in [1.54, 1.807) is 7.11 Å². The molecule has 0 bridgehead atoms. The monoisotopic (exact) mass is 360 g/mol. The molecule has 26 heavy (non-hydrogen) atoms. The van der Waals surface area contributed by atoms with Gasteiger partial charge in [-0.2, -0.15) is 0 Å². The van der Waals surface area contributed by atoms with Crippen LogP contribution in [0.5, 0.6) is 5.75 Å². The third-order valence-electron chi connectivity index (χ3n) is 6.11. The van der Waals surface area contributed by atoms with Gasteiger partial charge in [-0.25, -0.2) is 0 Å². The van der Waals surface area contributed by atoms with Crippen LogP contribution in [0.4, 0.5) is 5.69 Å². The van der Waals surface area contributed by atoms with Crippen molar-refractivity contribution < 1.29 is 14.6 Å². The molecule has 0 spiro atoms. The molecule has 3 rings (SSSR count). The zero-order valence-electron chi connectivity index (χ0n) is 15.9. The smallest absolute Gasteiger partial charge is 0.246 e. The first kappa shape index (κ1) is 19.0. The molecule has 1 aromatic rings. The summed E-state index contributed by atoms with van der Waals surface area (Å²) in [7, 11) is 1.65. The molecule has 0 atom stereocenters. The summed E-state index contributed by atoms with van der Waals surface area (Å²) in [6, 6.07) is 7.75. The fourth-order valence-electron chi connectivity index (χ4n) is 4.43. The predicted octanol–water partition coefficient (Wildman–Crippen LogP) is 3.62. The van der Waals surface area contributed by atoms with Gasteiger partial charge in [0.2, 0.25) is 5.91 Å². The Morgan fingerprint density at radius 3 is 2.12 bits per heavy atom. The lowest BCUT2D eigenvalue weighted by Crippen LogP contribution is -2.61. The lowest BCUT2D eigenvalue weighted by atomic mass is 9.77. The lowest BCUT2D eigenvalue weighted by molar-refractivity contribution is -0.129. The normalized spacial score (nSPS) is 21.6. The van der Waals surface area contributed by atoms with Gasteiger partial charge in [0, 0.05) is 5.69 Å². The molecule has 1 aromatic carbocycles. The SMILES string of the molecule is COc1ccc(NC2(C(=O)NC3(CO)CCCCC3)CCCCC2)cc1. The molecule has 3 N–H and O–H groups in total. The number of anilines is 1. The Kier molecular flexibility index (Phi) is 6.07. The molecule has 144 valence electrons. The molecule has 2 saturated carbocycles. The molecule has 2 fully saturated rings. The largest absolute Gasteiger partial charge is 0.497 e. The first-order valence-corrected chi connectivity index (χ1v) is 9.97. The van der Waals surface area contributed by atoms with Crippen LogP contribution in [-0.4, -0.2) is 35.8 Å². The van der Waals surface area contributed by atoms with Crippen molar-refractivity contribution in [2.24, 2.45) is 0 Å². The number of nitrogens with one attached hydrogen (secondary N) is 2. The Hall–Kier alpha value is -1.75. The molecule has 0 radical (unpaired) electrons. The van der Waals surface area contributed by atoms with Gasteiger partial charge in [-0.3, -0.25) is 4.79 Å². The van der Waals surface area contributed by atoms with Crippen LogP contribution in [0.3, 0.4) is 0 Å². The molecule has 0 aromatic heterocycles. The van der Waals surface area contributed by atoms with Crippen molar-refractivity contribution in [3.8, 4) is 5.75 Å². The maximum absolute atomic E-state index is 13.4. The van der Waals surface area contributed by atoms with Crippen LogP contribution >= 0.6 is 0 Å². The maximum Gasteiger partial charge on any atom is 0.246 e. The highest BCUT2D eigenvalue weighted by Crippen LogP contribution is 2.35. The highest BCUT2D eigenvalue weighted by molar-refractivity contribution is 5.90. The van der Waals surface area contributed by atoms with Crippen LogP contribution in [0.15, 0.2) is 24.3 Å². The fraction of sp³-hybridized carbons (Fsp3) is 0.667. The topological polar surface area (TPSA) is 70.6 Å². The standard InChI is InChI=1S/C21H32N2O3/c1-26-18-10-8-17(9-11-18)22-21(14-6-3-7-15-21)19(25)23-20(16-24)12-4-2-5-13-20/h8-11,22,24H,2-7,12-16H2,1H3,(H,23,25). The van der Waals surface area contributed by atoms with Crippen LogP contribution in [-0.2, 0) is 4.79 Å². The average Bonchev–Trinajstić information content (AvgIpc) is 2.70. The highest BCUT2D eigenvalue weighted by atomic mass is 16.5. The third kappa shape index (κ3) is 4.14. The van der Waals surface area contributed by atoms with E-state index in [-0.39, 0.29) is 12.5 Å². The second-order valence-electron chi connectivity index (χ2n) is 7.95. The molecule has 2 aliphatic carbocycles. The Labute approximate surface area is 156 Å². The van der Waals surface area contributed by atoms with Gasteiger partial charge in [-0.15, -0.1) is 0 Å². The predicted molar refractivity (Wildman–Crippen MR) is 103 cm³/mol. The van der Waals surface area contributed by atoms with E-state index in [0.717, 1.165) is 62.8 Å². The maximum atomic E-state index is 13.4. The molecule has 0 aliphatic heterocycles. The van der Waals surface area contributed by atoms with Gasteiger partial charge >= 0.3 is 0 Å². The first-order valence-electron chi connectivity index (χ1n) is 9.97. The number of carbonyl (C=O) groups is 1. The summed E-state index contributed by atoms with van der Waals surface area (Å²) < 4.78 is 5.23. The van der Waals surface area contributed by atoms with Crippen molar-refractivity contribution >= 4 is 11.6 Å².